The van der Waals surface area contributed by atoms with Gasteiger partial charge >= 0.3 is 0 Å². The van der Waals surface area contributed by atoms with Crippen molar-refractivity contribution >= 4 is 61.3 Å². The summed E-state index contributed by atoms with van der Waals surface area (Å²) in [5.41, 5.74) is 3.82. The average Bonchev–Trinajstić information content (AvgIpc) is 2.76. The number of carbonyl (C=O) groups excluding carboxylic acids is 1. The van der Waals surface area contributed by atoms with Gasteiger partial charge < -0.3 is 0 Å². The normalized spacial score (nSPS) is 11.8. The molecule has 0 spiro atoms. The Balaban J connectivity index is 1.78. The molecule has 32 heavy (non-hydrogen) atoms. The van der Waals surface area contributed by atoms with Crippen LogP contribution < -0.4 is 5.43 Å². The number of amides is 1. The molecule has 0 aliphatic rings. The van der Waals surface area contributed by atoms with Gasteiger partial charge in [-0.25, -0.2) is 13.8 Å². The van der Waals surface area contributed by atoms with Crippen molar-refractivity contribution in [2.75, 3.05) is 6.54 Å². The predicted octanol–water partition coefficient (Wildman–Crippen LogP) is 5.10. The van der Waals surface area contributed by atoms with E-state index in [1.165, 1.54) is 30.5 Å². The smallest absolute Gasteiger partial charge is 0.255 e. The van der Waals surface area contributed by atoms with Crippen molar-refractivity contribution in [2.24, 2.45) is 5.10 Å². The van der Waals surface area contributed by atoms with Crippen molar-refractivity contribution in [1.82, 2.24) is 9.73 Å². The van der Waals surface area contributed by atoms with Gasteiger partial charge in [-0.3, -0.25) is 4.79 Å². The van der Waals surface area contributed by atoms with Gasteiger partial charge in [0.1, 0.15) is 0 Å². The molecule has 0 saturated carbocycles. The average molecular weight is 555 g/mol. The highest BCUT2D eigenvalue weighted by molar-refractivity contribution is 9.10. The third-order valence-electron chi connectivity index (χ3n) is 4.32. The number of carbonyl (C=O) groups is 1. The number of hydrazone groups is 1. The molecule has 0 bridgehead atoms. The Kier molecular flexibility index (Phi) is 8.44. The molecule has 3 rings (SSSR count). The van der Waals surface area contributed by atoms with Crippen LogP contribution >= 0.6 is 39.1 Å². The molecule has 6 nitrogen and oxygen atoms in total. The molecule has 0 aliphatic heterocycles. The van der Waals surface area contributed by atoms with E-state index >= 15 is 0 Å². The van der Waals surface area contributed by atoms with Crippen LogP contribution in [0.25, 0.3) is 0 Å². The first-order valence-electron chi connectivity index (χ1n) is 9.32. The topological polar surface area (TPSA) is 78.8 Å². The number of hydrogen-bond acceptors (Lipinski definition) is 4. The van der Waals surface area contributed by atoms with Crippen molar-refractivity contribution in [2.45, 2.75) is 11.4 Å². The second kappa shape index (κ2) is 11.1. The Hall–Kier alpha value is -2.23. The zero-order chi connectivity index (χ0) is 23.1. The molecule has 0 heterocycles. The third-order valence-corrected chi connectivity index (χ3v) is 7.15. The highest BCUT2D eigenvalue weighted by Gasteiger charge is 2.27. The molecule has 166 valence electrons. The minimum absolute atomic E-state index is 0.00651. The summed E-state index contributed by atoms with van der Waals surface area (Å²) in [5, 5.41) is 4.90. The first kappa shape index (κ1) is 24.4. The summed E-state index contributed by atoms with van der Waals surface area (Å²) in [7, 11) is -3.97. The van der Waals surface area contributed by atoms with Crippen LogP contribution in [-0.4, -0.2) is 31.4 Å². The number of halogens is 3. The van der Waals surface area contributed by atoms with Crippen LogP contribution in [0.2, 0.25) is 10.0 Å². The summed E-state index contributed by atoms with van der Waals surface area (Å²) in [6.45, 7) is -0.411. The van der Waals surface area contributed by atoms with Gasteiger partial charge in [0, 0.05) is 21.1 Å². The number of hydrogen-bond donors (Lipinski definition) is 1. The molecular formula is C22H18BrCl2N3O3S. The molecule has 3 aromatic carbocycles. The summed E-state index contributed by atoms with van der Waals surface area (Å²) in [6.07, 6.45) is 1.45. The molecule has 1 N–H and O–H groups in total. The largest absolute Gasteiger partial charge is 0.272 e. The molecule has 0 saturated heterocycles. The van der Waals surface area contributed by atoms with Crippen LogP contribution in [0.4, 0.5) is 0 Å². The number of nitrogens with zero attached hydrogens (tertiary/aromatic N) is 2. The van der Waals surface area contributed by atoms with Crippen LogP contribution in [0.1, 0.15) is 11.1 Å². The van der Waals surface area contributed by atoms with E-state index in [1.54, 1.807) is 48.5 Å². The highest BCUT2D eigenvalue weighted by Crippen LogP contribution is 2.21. The fourth-order valence-electron chi connectivity index (χ4n) is 2.70. The van der Waals surface area contributed by atoms with Crippen molar-refractivity contribution in [3.8, 4) is 0 Å². The summed E-state index contributed by atoms with van der Waals surface area (Å²) < 4.78 is 28.4. The van der Waals surface area contributed by atoms with Gasteiger partial charge in [-0.1, -0.05) is 63.4 Å². The molecule has 0 aromatic heterocycles. The maximum atomic E-state index is 13.2. The SMILES string of the molecule is O=C(CN(Cc1ccc(Br)cc1)S(=O)(=O)c1ccc(Cl)cc1)N/N=C\c1ccc(Cl)cc1. The van der Waals surface area contributed by atoms with E-state index in [9.17, 15) is 13.2 Å². The summed E-state index contributed by atoms with van der Waals surface area (Å²) in [6, 6.07) is 19.8. The number of nitrogens with one attached hydrogen (secondary N) is 1. The quantitative estimate of drug-likeness (QED) is 0.311. The van der Waals surface area contributed by atoms with Crippen molar-refractivity contribution in [3.63, 3.8) is 0 Å². The van der Waals surface area contributed by atoms with Gasteiger partial charge in [-0.15, -0.1) is 0 Å². The lowest BCUT2D eigenvalue weighted by Gasteiger charge is -2.21. The fraction of sp³-hybridized carbons (Fsp3) is 0.0909. The van der Waals surface area contributed by atoms with Crippen LogP contribution in [0, 0.1) is 0 Å². The summed E-state index contributed by atoms with van der Waals surface area (Å²) in [5.74, 6) is -0.579. The second-order valence-electron chi connectivity index (χ2n) is 6.70. The second-order valence-corrected chi connectivity index (χ2v) is 10.4. The van der Waals surface area contributed by atoms with Crippen molar-refractivity contribution < 1.29 is 13.2 Å². The molecule has 0 radical (unpaired) electrons. The molecule has 10 heteroatoms. The fourth-order valence-corrected chi connectivity index (χ4v) is 4.60. The molecule has 0 atom stereocenters. The highest BCUT2D eigenvalue weighted by atomic mass is 79.9. The lowest BCUT2D eigenvalue weighted by molar-refractivity contribution is -0.121. The minimum atomic E-state index is -3.97. The molecule has 0 fully saturated rings. The Morgan fingerprint density at radius 1 is 0.938 bits per heavy atom. The number of sulfonamides is 1. The summed E-state index contributed by atoms with van der Waals surface area (Å²) >= 11 is 15.1. The Labute approximate surface area is 205 Å². The van der Waals surface area contributed by atoms with Crippen LogP contribution in [0.3, 0.4) is 0 Å². The van der Waals surface area contributed by atoms with Gasteiger partial charge in [0.2, 0.25) is 10.0 Å². The van der Waals surface area contributed by atoms with E-state index in [1.807, 2.05) is 0 Å². The Morgan fingerprint density at radius 2 is 1.50 bits per heavy atom. The Morgan fingerprint density at radius 3 is 2.09 bits per heavy atom. The molecule has 0 unspecified atom stereocenters. The van der Waals surface area contributed by atoms with E-state index in [0.29, 0.717) is 10.0 Å². The molecule has 1 amide bonds. The predicted molar refractivity (Wildman–Crippen MR) is 130 cm³/mol. The molecule has 3 aromatic rings. The lowest BCUT2D eigenvalue weighted by atomic mass is 10.2. The molecule has 0 aliphatic carbocycles. The standard InChI is InChI=1S/C22H18BrCl2N3O3S/c23-18-5-1-17(2-6-18)14-28(32(30,31)21-11-9-20(25)10-12-21)15-22(29)27-26-13-16-3-7-19(24)8-4-16/h1-13H,14-15H2,(H,27,29)/b26-13-. The number of rotatable bonds is 8. The van der Waals surface area contributed by atoms with Gasteiger partial charge in [0.15, 0.2) is 0 Å². The maximum Gasteiger partial charge on any atom is 0.255 e. The summed E-state index contributed by atoms with van der Waals surface area (Å²) in [4.78, 5) is 12.5. The van der Waals surface area contributed by atoms with Gasteiger partial charge in [0.25, 0.3) is 5.91 Å². The minimum Gasteiger partial charge on any atom is -0.272 e. The van der Waals surface area contributed by atoms with E-state index in [-0.39, 0.29) is 11.4 Å². The Bertz CT molecular complexity index is 1200. The van der Waals surface area contributed by atoms with E-state index in [0.717, 1.165) is 19.9 Å². The monoisotopic (exact) mass is 553 g/mol. The van der Waals surface area contributed by atoms with Crippen molar-refractivity contribution in [3.05, 3.63) is 98.4 Å². The first-order valence-corrected chi connectivity index (χ1v) is 12.3. The number of benzene rings is 3. The van der Waals surface area contributed by atoms with Gasteiger partial charge in [-0.2, -0.15) is 9.41 Å². The van der Waals surface area contributed by atoms with E-state index in [4.69, 9.17) is 23.2 Å². The van der Waals surface area contributed by atoms with Crippen LogP contribution in [0.5, 0.6) is 0 Å². The van der Waals surface area contributed by atoms with Gasteiger partial charge in [-0.05, 0) is 59.7 Å². The third kappa shape index (κ3) is 6.88. The maximum absolute atomic E-state index is 13.2. The lowest BCUT2D eigenvalue weighted by Crippen LogP contribution is -2.39. The van der Waals surface area contributed by atoms with Crippen LogP contribution in [-0.2, 0) is 21.4 Å². The molecular weight excluding hydrogens is 537 g/mol. The van der Waals surface area contributed by atoms with Crippen LogP contribution in [0.15, 0.2) is 87.3 Å². The van der Waals surface area contributed by atoms with Crippen molar-refractivity contribution in [1.29, 1.82) is 0 Å². The zero-order valence-corrected chi connectivity index (χ0v) is 20.5. The van der Waals surface area contributed by atoms with E-state index in [2.05, 4.69) is 26.5 Å². The first-order chi connectivity index (χ1) is 15.2. The zero-order valence-electron chi connectivity index (χ0n) is 16.6. The van der Waals surface area contributed by atoms with Gasteiger partial charge in [0.05, 0.1) is 17.7 Å². The van der Waals surface area contributed by atoms with E-state index < -0.39 is 22.5 Å².